The highest BCUT2D eigenvalue weighted by atomic mass is 17.2. The van der Waals surface area contributed by atoms with Crippen molar-refractivity contribution in [2.24, 2.45) is 0 Å². The molecule has 0 heterocycles. The van der Waals surface area contributed by atoms with Crippen LogP contribution in [0.2, 0.25) is 0 Å². The topological polar surface area (TPSA) is 82.1 Å². The van der Waals surface area contributed by atoms with Crippen molar-refractivity contribution in [1.29, 1.82) is 0 Å². The van der Waals surface area contributed by atoms with Gasteiger partial charge in [0.15, 0.2) is 0 Å². The van der Waals surface area contributed by atoms with E-state index in [4.69, 9.17) is 4.74 Å². The minimum atomic E-state index is -0.829. The number of benzene rings is 1. The number of carbonyl (C=O) groups is 2. The number of esters is 1. The summed E-state index contributed by atoms with van der Waals surface area (Å²) in [7, 11) is 0. The summed E-state index contributed by atoms with van der Waals surface area (Å²) in [6.45, 7) is 4.74. The summed E-state index contributed by atoms with van der Waals surface area (Å²) in [6.07, 6.45) is 0. The van der Waals surface area contributed by atoms with Gasteiger partial charge in [0.2, 0.25) is 0 Å². The number of phenolic OH excluding ortho intramolecular Hbond substituents is 1. The van der Waals surface area contributed by atoms with Gasteiger partial charge in [0, 0.05) is 5.57 Å². The fourth-order valence-corrected chi connectivity index (χ4v) is 1.08. The molecule has 0 aliphatic heterocycles. The fraction of sp³-hybridized carbons (Fsp3) is 0.231. The van der Waals surface area contributed by atoms with Crippen molar-refractivity contribution in [1.82, 2.24) is 0 Å². The molecule has 1 aromatic carbocycles. The predicted octanol–water partition coefficient (Wildman–Crippen LogP) is 1.60. The van der Waals surface area contributed by atoms with Crippen molar-refractivity contribution in [3.8, 4) is 5.75 Å². The third-order valence-corrected chi connectivity index (χ3v) is 2.01. The van der Waals surface area contributed by atoms with Crippen molar-refractivity contribution in [3.63, 3.8) is 0 Å². The van der Waals surface area contributed by atoms with Gasteiger partial charge in [-0.1, -0.05) is 18.7 Å². The van der Waals surface area contributed by atoms with E-state index < -0.39 is 11.9 Å². The van der Waals surface area contributed by atoms with Crippen LogP contribution in [-0.2, 0) is 19.3 Å². The van der Waals surface area contributed by atoms with Crippen molar-refractivity contribution in [3.05, 3.63) is 42.0 Å². The largest absolute Gasteiger partial charge is 0.507 e. The molecule has 102 valence electrons. The summed E-state index contributed by atoms with van der Waals surface area (Å²) >= 11 is 0. The van der Waals surface area contributed by atoms with Gasteiger partial charge in [-0.25, -0.2) is 9.59 Å². The van der Waals surface area contributed by atoms with Crippen LogP contribution in [0.15, 0.2) is 36.4 Å². The first kappa shape index (κ1) is 14.7. The summed E-state index contributed by atoms with van der Waals surface area (Å²) in [5.41, 5.74) is 0.257. The molecular formula is C13H14O6. The molecule has 0 unspecified atom stereocenters. The lowest BCUT2D eigenvalue weighted by atomic mass is 10.2. The second-order valence-corrected chi connectivity index (χ2v) is 3.63. The van der Waals surface area contributed by atoms with Gasteiger partial charge in [0.05, 0.1) is 0 Å². The lowest BCUT2D eigenvalue weighted by molar-refractivity contribution is -0.246. The maximum Gasteiger partial charge on any atom is 0.376 e. The molecule has 19 heavy (non-hydrogen) atoms. The maximum absolute atomic E-state index is 11.4. The van der Waals surface area contributed by atoms with Crippen LogP contribution in [0.4, 0.5) is 0 Å². The number of hydrogen-bond acceptors (Lipinski definition) is 6. The summed E-state index contributed by atoms with van der Waals surface area (Å²) in [5, 5.41) is 9.38. The second kappa shape index (κ2) is 7.17. The minimum absolute atomic E-state index is 0.0126. The van der Waals surface area contributed by atoms with E-state index in [9.17, 15) is 14.7 Å². The van der Waals surface area contributed by atoms with Gasteiger partial charge in [0.1, 0.15) is 24.5 Å². The Kier molecular flexibility index (Phi) is 5.56. The lowest BCUT2D eigenvalue weighted by Crippen LogP contribution is -2.13. The van der Waals surface area contributed by atoms with Crippen LogP contribution in [0.1, 0.15) is 17.3 Å². The molecule has 1 aromatic rings. The summed E-state index contributed by atoms with van der Waals surface area (Å²) in [5.74, 6) is -1.58. The van der Waals surface area contributed by atoms with Gasteiger partial charge in [-0.2, -0.15) is 4.89 Å². The van der Waals surface area contributed by atoms with Gasteiger partial charge < -0.3 is 9.84 Å². The molecule has 0 bridgehead atoms. The van der Waals surface area contributed by atoms with Crippen molar-refractivity contribution in [2.45, 2.75) is 6.92 Å². The van der Waals surface area contributed by atoms with Crippen LogP contribution in [0.5, 0.6) is 5.75 Å². The molecule has 0 atom stereocenters. The Hall–Kier alpha value is -2.34. The quantitative estimate of drug-likeness (QED) is 0.277. The maximum atomic E-state index is 11.4. The van der Waals surface area contributed by atoms with Gasteiger partial charge in [-0.3, -0.25) is 4.89 Å². The van der Waals surface area contributed by atoms with Crippen molar-refractivity contribution >= 4 is 11.9 Å². The molecule has 0 saturated heterocycles. The first-order chi connectivity index (χ1) is 9.02. The third-order valence-electron chi connectivity index (χ3n) is 2.01. The summed E-state index contributed by atoms with van der Waals surface area (Å²) in [6, 6.07) is 5.89. The zero-order valence-electron chi connectivity index (χ0n) is 10.4. The number of hydrogen-bond donors (Lipinski definition) is 1. The van der Waals surface area contributed by atoms with Crippen LogP contribution in [0, 0.1) is 0 Å². The number of aromatic hydroxyl groups is 1. The van der Waals surface area contributed by atoms with Crippen molar-refractivity contribution in [2.75, 3.05) is 13.2 Å². The molecule has 1 N–H and O–H groups in total. The smallest absolute Gasteiger partial charge is 0.376 e. The van der Waals surface area contributed by atoms with E-state index in [-0.39, 0.29) is 30.1 Å². The molecule has 0 saturated carbocycles. The second-order valence-electron chi connectivity index (χ2n) is 3.63. The van der Waals surface area contributed by atoms with Crippen molar-refractivity contribution < 1.29 is 29.2 Å². The minimum Gasteiger partial charge on any atom is -0.507 e. The standard InChI is InChI=1S/C13H14O6/c1-9(2)12(15)17-7-8-18-19-13(16)10-5-3-4-6-11(10)14/h3-6,14H,1,7-8H2,2H3. The molecule has 0 aromatic heterocycles. The Bertz CT molecular complexity index is 480. The molecule has 1 rings (SSSR count). The van der Waals surface area contributed by atoms with Gasteiger partial charge in [-0.05, 0) is 19.1 Å². The van der Waals surface area contributed by atoms with E-state index in [1.807, 2.05) is 0 Å². The SMILES string of the molecule is C=C(C)C(=O)OCCOOC(=O)c1ccccc1O. The highest BCUT2D eigenvalue weighted by molar-refractivity contribution is 5.91. The number of ether oxygens (including phenoxy) is 1. The zero-order chi connectivity index (χ0) is 14.3. The average Bonchev–Trinajstić information content (AvgIpc) is 2.38. The van der Waals surface area contributed by atoms with Gasteiger partial charge in [-0.15, -0.1) is 0 Å². The molecule has 6 nitrogen and oxygen atoms in total. The van der Waals surface area contributed by atoms with Crippen LogP contribution in [-0.4, -0.2) is 30.3 Å². The number of carbonyl (C=O) groups excluding carboxylic acids is 2. The first-order valence-corrected chi connectivity index (χ1v) is 5.47. The van der Waals surface area contributed by atoms with Gasteiger partial charge in [0.25, 0.3) is 0 Å². The van der Waals surface area contributed by atoms with Crippen LogP contribution in [0.25, 0.3) is 0 Å². The fourth-order valence-electron chi connectivity index (χ4n) is 1.08. The Morgan fingerprint density at radius 2 is 1.95 bits per heavy atom. The predicted molar refractivity (Wildman–Crippen MR) is 65.2 cm³/mol. The summed E-state index contributed by atoms with van der Waals surface area (Å²) < 4.78 is 4.71. The van der Waals surface area contributed by atoms with Crippen LogP contribution in [0.3, 0.4) is 0 Å². The highest BCUT2D eigenvalue weighted by Crippen LogP contribution is 2.16. The van der Waals surface area contributed by atoms with E-state index in [0.29, 0.717) is 0 Å². The summed E-state index contributed by atoms with van der Waals surface area (Å²) in [4.78, 5) is 31.4. The molecule has 0 spiro atoms. The van der Waals surface area contributed by atoms with E-state index in [2.05, 4.69) is 16.4 Å². The highest BCUT2D eigenvalue weighted by Gasteiger charge is 2.12. The molecule has 6 heteroatoms. The van der Waals surface area contributed by atoms with E-state index in [1.165, 1.54) is 19.1 Å². The number of rotatable bonds is 6. The molecule has 0 aliphatic carbocycles. The van der Waals surface area contributed by atoms with Gasteiger partial charge >= 0.3 is 11.9 Å². The first-order valence-electron chi connectivity index (χ1n) is 5.47. The van der Waals surface area contributed by atoms with E-state index in [1.54, 1.807) is 12.1 Å². The van der Waals surface area contributed by atoms with Crippen LogP contribution < -0.4 is 0 Å². The molecule has 0 fully saturated rings. The number of para-hydroxylation sites is 1. The Morgan fingerprint density at radius 1 is 1.26 bits per heavy atom. The molecular weight excluding hydrogens is 252 g/mol. The zero-order valence-corrected chi connectivity index (χ0v) is 10.4. The molecule has 0 aliphatic rings. The Labute approximate surface area is 110 Å². The molecule has 0 amide bonds. The molecule has 0 radical (unpaired) electrons. The average molecular weight is 266 g/mol. The Morgan fingerprint density at radius 3 is 2.58 bits per heavy atom. The monoisotopic (exact) mass is 266 g/mol. The third kappa shape index (κ3) is 4.81. The van der Waals surface area contributed by atoms with E-state index >= 15 is 0 Å². The lowest BCUT2D eigenvalue weighted by Gasteiger charge is -2.06. The number of phenols is 1. The Balaban J connectivity index is 2.27. The normalized spacial score (nSPS) is 9.74. The van der Waals surface area contributed by atoms with E-state index in [0.717, 1.165) is 0 Å². The van der Waals surface area contributed by atoms with Crippen LogP contribution >= 0.6 is 0 Å².